The van der Waals surface area contributed by atoms with E-state index in [-0.39, 0.29) is 18.3 Å². The van der Waals surface area contributed by atoms with Gasteiger partial charge in [-0.25, -0.2) is 0 Å². The van der Waals surface area contributed by atoms with Crippen LogP contribution in [0.5, 0.6) is 5.75 Å². The highest BCUT2D eigenvalue weighted by molar-refractivity contribution is 5.92. The van der Waals surface area contributed by atoms with Crippen LogP contribution in [0, 0.1) is 11.8 Å². The number of hydrogen-bond acceptors (Lipinski definition) is 4. The number of anilines is 1. The van der Waals surface area contributed by atoms with E-state index in [0.29, 0.717) is 24.4 Å². The number of nitrogens with zero attached hydrogens (tertiary/aromatic N) is 1. The maximum absolute atomic E-state index is 12.1. The molecule has 3 rings (SSSR count). The second-order valence-corrected chi connectivity index (χ2v) is 6.14. The fourth-order valence-electron chi connectivity index (χ4n) is 3.63. The molecule has 1 aromatic carbocycles. The first kappa shape index (κ1) is 17.1. The molecule has 6 heteroatoms. The predicted octanol–water partition coefficient (Wildman–Crippen LogP) is 1.72. The number of halogens is 1. The van der Waals surface area contributed by atoms with E-state index in [4.69, 9.17) is 10.5 Å². The molecule has 22 heavy (non-hydrogen) atoms. The van der Waals surface area contributed by atoms with Crippen LogP contribution in [0.1, 0.15) is 12.8 Å². The van der Waals surface area contributed by atoms with Crippen LogP contribution >= 0.6 is 12.4 Å². The van der Waals surface area contributed by atoms with Crippen molar-refractivity contribution in [2.24, 2.45) is 17.6 Å². The highest BCUT2D eigenvalue weighted by atomic mass is 35.5. The van der Waals surface area contributed by atoms with E-state index in [1.54, 1.807) is 7.11 Å². The van der Waals surface area contributed by atoms with E-state index < -0.39 is 0 Å². The SMILES string of the molecule is COc1cccc(NC(=O)CN2CC3CCC(N)C3C2)c1.Cl. The van der Waals surface area contributed by atoms with E-state index in [1.807, 2.05) is 24.3 Å². The Labute approximate surface area is 137 Å². The lowest BCUT2D eigenvalue weighted by molar-refractivity contribution is -0.117. The van der Waals surface area contributed by atoms with Crippen LogP contribution in [-0.2, 0) is 4.79 Å². The summed E-state index contributed by atoms with van der Waals surface area (Å²) in [5.41, 5.74) is 6.90. The number of methoxy groups -OCH3 is 1. The Morgan fingerprint density at radius 1 is 1.41 bits per heavy atom. The Kier molecular flexibility index (Phi) is 5.67. The number of nitrogens with one attached hydrogen (secondary N) is 1. The van der Waals surface area contributed by atoms with Crippen molar-refractivity contribution in [2.75, 3.05) is 32.1 Å². The number of carbonyl (C=O) groups is 1. The van der Waals surface area contributed by atoms with Crippen molar-refractivity contribution in [2.45, 2.75) is 18.9 Å². The second-order valence-electron chi connectivity index (χ2n) is 6.14. The van der Waals surface area contributed by atoms with Crippen LogP contribution in [0.4, 0.5) is 5.69 Å². The highest BCUT2D eigenvalue weighted by Gasteiger charge is 2.41. The van der Waals surface area contributed by atoms with E-state index >= 15 is 0 Å². The van der Waals surface area contributed by atoms with Gasteiger partial charge in [-0.15, -0.1) is 12.4 Å². The number of ether oxygens (including phenoxy) is 1. The zero-order valence-corrected chi connectivity index (χ0v) is 13.6. The topological polar surface area (TPSA) is 67.6 Å². The number of likely N-dealkylation sites (tertiary alicyclic amines) is 1. The maximum atomic E-state index is 12.1. The van der Waals surface area contributed by atoms with E-state index in [2.05, 4.69) is 10.2 Å². The monoisotopic (exact) mass is 325 g/mol. The predicted molar refractivity (Wildman–Crippen MR) is 89.5 cm³/mol. The molecular formula is C16H24ClN3O2. The van der Waals surface area contributed by atoms with Gasteiger partial charge in [0.2, 0.25) is 5.91 Å². The summed E-state index contributed by atoms with van der Waals surface area (Å²) in [6.07, 6.45) is 2.35. The largest absolute Gasteiger partial charge is 0.497 e. The third kappa shape index (κ3) is 3.72. The summed E-state index contributed by atoms with van der Waals surface area (Å²) in [5.74, 6) is 2.03. The Morgan fingerprint density at radius 2 is 2.23 bits per heavy atom. The average molecular weight is 326 g/mol. The fraction of sp³-hybridized carbons (Fsp3) is 0.562. The van der Waals surface area contributed by atoms with Crippen LogP contribution in [0.3, 0.4) is 0 Å². The smallest absolute Gasteiger partial charge is 0.238 e. The third-order valence-corrected chi connectivity index (χ3v) is 4.71. The van der Waals surface area contributed by atoms with Gasteiger partial charge in [0.15, 0.2) is 0 Å². The Balaban J connectivity index is 0.00000176. The fourth-order valence-corrected chi connectivity index (χ4v) is 3.63. The van der Waals surface area contributed by atoms with Gasteiger partial charge >= 0.3 is 0 Å². The molecule has 3 unspecified atom stereocenters. The van der Waals surface area contributed by atoms with Crippen LogP contribution in [0.15, 0.2) is 24.3 Å². The lowest BCUT2D eigenvalue weighted by atomic mass is 9.98. The van der Waals surface area contributed by atoms with Gasteiger partial charge in [-0.3, -0.25) is 9.69 Å². The van der Waals surface area contributed by atoms with E-state index in [0.717, 1.165) is 30.9 Å². The number of amides is 1. The van der Waals surface area contributed by atoms with Crippen molar-refractivity contribution >= 4 is 24.0 Å². The van der Waals surface area contributed by atoms with Gasteiger partial charge in [0.1, 0.15) is 5.75 Å². The minimum absolute atomic E-state index is 0. The molecule has 1 heterocycles. The van der Waals surface area contributed by atoms with Gasteiger partial charge < -0.3 is 15.8 Å². The quantitative estimate of drug-likeness (QED) is 0.884. The highest BCUT2D eigenvalue weighted by Crippen LogP contribution is 2.36. The molecule has 0 bridgehead atoms. The normalized spacial score (nSPS) is 27.1. The molecule has 3 atom stereocenters. The molecule has 1 saturated heterocycles. The first-order chi connectivity index (χ1) is 10.2. The van der Waals surface area contributed by atoms with Crippen molar-refractivity contribution in [1.82, 2.24) is 4.90 Å². The van der Waals surface area contributed by atoms with Gasteiger partial charge in [0, 0.05) is 30.9 Å². The van der Waals surface area contributed by atoms with Crippen molar-refractivity contribution in [3.05, 3.63) is 24.3 Å². The summed E-state index contributed by atoms with van der Waals surface area (Å²) < 4.78 is 5.16. The first-order valence-electron chi connectivity index (χ1n) is 7.57. The number of fused-ring (bicyclic) bond motifs is 1. The zero-order valence-electron chi connectivity index (χ0n) is 12.8. The maximum Gasteiger partial charge on any atom is 0.238 e. The van der Waals surface area contributed by atoms with Gasteiger partial charge in [-0.2, -0.15) is 0 Å². The molecule has 2 fully saturated rings. The molecule has 1 saturated carbocycles. The van der Waals surface area contributed by atoms with E-state index in [9.17, 15) is 4.79 Å². The molecule has 2 aliphatic rings. The van der Waals surface area contributed by atoms with Crippen LogP contribution in [0.2, 0.25) is 0 Å². The van der Waals surface area contributed by atoms with E-state index in [1.165, 1.54) is 6.42 Å². The number of hydrogen-bond donors (Lipinski definition) is 2. The summed E-state index contributed by atoms with van der Waals surface area (Å²) in [6, 6.07) is 7.75. The summed E-state index contributed by atoms with van der Waals surface area (Å²) in [7, 11) is 1.62. The molecule has 3 N–H and O–H groups in total. The number of carbonyl (C=O) groups excluding carboxylic acids is 1. The molecule has 1 aliphatic carbocycles. The molecule has 1 amide bonds. The van der Waals surface area contributed by atoms with Crippen molar-refractivity contribution < 1.29 is 9.53 Å². The van der Waals surface area contributed by atoms with Gasteiger partial charge in [-0.1, -0.05) is 6.07 Å². The number of nitrogens with two attached hydrogens (primary N) is 1. The summed E-state index contributed by atoms with van der Waals surface area (Å²) in [5, 5.41) is 2.93. The third-order valence-electron chi connectivity index (χ3n) is 4.71. The second kappa shape index (κ2) is 7.31. The molecule has 0 radical (unpaired) electrons. The Morgan fingerprint density at radius 3 is 2.95 bits per heavy atom. The number of rotatable bonds is 4. The molecule has 0 spiro atoms. The summed E-state index contributed by atoms with van der Waals surface area (Å²) in [4.78, 5) is 14.4. The molecule has 122 valence electrons. The van der Waals surface area contributed by atoms with Gasteiger partial charge in [-0.05, 0) is 36.8 Å². The summed E-state index contributed by atoms with van der Waals surface area (Å²) in [6.45, 7) is 2.40. The average Bonchev–Trinajstić information content (AvgIpc) is 3.01. The molecule has 1 aromatic rings. The first-order valence-corrected chi connectivity index (χ1v) is 7.57. The lowest BCUT2D eigenvalue weighted by Crippen LogP contribution is -2.34. The minimum Gasteiger partial charge on any atom is -0.497 e. The molecule has 1 aliphatic heterocycles. The van der Waals surface area contributed by atoms with Crippen molar-refractivity contribution in [3.8, 4) is 5.75 Å². The van der Waals surface area contributed by atoms with Crippen LogP contribution < -0.4 is 15.8 Å². The molecular weight excluding hydrogens is 302 g/mol. The molecule has 5 nitrogen and oxygen atoms in total. The minimum atomic E-state index is 0. The lowest BCUT2D eigenvalue weighted by Gasteiger charge is -2.18. The number of benzene rings is 1. The molecule has 0 aromatic heterocycles. The Bertz CT molecular complexity index is 526. The van der Waals surface area contributed by atoms with Gasteiger partial charge in [0.05, 0.1) is 13.7 Å². The van der Waals surface area contributed by atoms with Crippen molar-refractivity contribution in [1.29, 1.82) is 0 Å². The zero-order chi connectivity index (χ0) is 14.8. The van der Waals surface area contributed by atoms with Crippen molar-refractivity contribution in [3.63, 3.8) is 0 Å². The van der Waals surface area contributed by atoms with Gasteiger partial charge in [0.25, 0.3) is 0 Å². The summed E-state index contributed by atoms with van der Waals surface area (Å²) >= 11 is 0. The standard InChI is InChI=1S/C16H23N3O2.ClH/c1-21-13-4-2-3-12(7-13)18-16(20)10-19-8-11-5-6-15(17)14(11)9-19;/h2-4,7,11,14-15H,5-6,8-10,17H2,1H3,(H,18,20);1H. The Hall–Kier alpha value is -1.30. The van der Waals surface area contributed by atoms with Crippen LogP contribution in [-0.4, -0.2) is 43.6 Å². The van der Waals surface area contributed by atoms with Crippen LogP contribution in [0.25, 0.3) is 0 Å².